The van der Waals surface area contributed by atoms with Gasteiger partial charge in [-0.25, -0.2) is 4.39 Å². The summed E-state index contributed by atoms with van der Waals surface area (Å²) in [5.74, 6) is -0.421. The van der Waals surface area contributed by atoms with Gasteiger partial charge in [-0.1, -0.05) is 19.9 Å². The van der Waals surface area contributed by atoms with Crippen molar-refractivity contribution < 1.29 is 9.18 Å². The second-order valence-corrected chi connectivity index (χ2v) is 5.52. The average molecular weight is 331 g/mol. The Morgan fingerprint density at radius 2 is 2.05 bits per heavy atom. The molecular weight excluding hydrogens is 311 g/mol. The number of amides is 1. The summed E-state index contributed by atoms with van der Waals surface area (Å²) in [4.78, 5) is 12.0. The molecule has 0 heterocycles. The minimum atomic E-state index is -0.339. The van der Waals surface area contributed by atoms with E-state index in [-0.39, 0.29) is 23.7 Å². The number of nitrogens with two attached hydrogens (primary N) is 1. The Balaban J connectivity index is 2.71. The lowest BCUT2D eigenvalue weighted by Crippen LogP contribution is -2.53. The van der Waals surface area contributed by atoms with E-state index in [1.54, 1.807) is 12.1 Å². The van der Waals surface area contributed by atoms with Crippen LogP contribution in [0.5, 0.6) is 0 Å². The van der Waals surface area contributed by atoms with Crippen LogP contribution >= 0.6 is 15.9 Å². The summed E-state index contributed by atoms with van der Waals surface area (Å²) in [6.07, 6.45) is 1.80. The highest BCUT2D eigenvalue weighted by atomic mass is 79.9. The lowest BCUT2D eigenvalue weighted by atomic mass is 9.92. The smallest absolute Gasteiger partial charge is 0.224 e. The Morgan fingerprint density at radius 1 is 1.42 bits per heavy atom. The van der Waals surface area contributed by atoms with E-state index in [0.29, 0.717) is 11.0 Å². The molecule has 0 aliphatic rings. The maximum Gasteiger partial charge on any atom is 0.224 e. The van der Waals surface area contributed by atoms with Crippen LogP contribution in [0.2, 0.25) is 0 Å². The monoisotopic (exact) mass is 330 g/mol. The Bertz CT molecular complexity index is 439. The molecule has 106 valence electrons. The van der Waals surface area contributed by atoms with Crippen molar-refractivity contribution in [3.63, 3.8) is 0 Å². The van der Waals surface area contributed by atoms with Gasteiger partial charge in [0.2, 0.25) is 5.91 Å². The molecule has 0 saturated carbocycles. The van der Waals surface area contributed by atoms with Crippen LogP contribution in [0.15, 0.2) is 22.7 Å². The van der Waals surface area contributed by atoms with Crippen LogP contribution in [-0.4, -0.2) is 18.0 Å². The number of halogens is 2. The largest absolute Gasteiger partial charge is 0.349 e. The minimum absolute atomic E-state index is 0.0901. The number of hydrogen-bond donors (Lipinski definition) is 2. The summed E-state index contributed by atoms with van der Waals surface area (Å²) in [7, 11) is 0. The number of rotatable bonds is 6. The normalized spacial score (nSPS) is 11.4. The lowest BCUT2D eigenvalue weighted by molar-refractivity contribution is -0.122. The highest BCUT2D eigenvalue weighted by Gasteiger charge is 2.26. The fourth-order valence-electron chi connectivity index (χ4n) is 1.94. The van der Waals surface area contributed by atoms with E-state index in [1.807, 2.05) is 13.8 Å². The van der Waals surface area contributed by atoms with Gasteiger partial charge < -0.3 is 11.1 Å². The second kappa shape index (κ2) is 7.01. The van der Waals surface area contributed by atoms with Crippen LogP contribution < -0.4 is 11.1 Å². The van der Waals surface area contributed by atoms with E-state index >= 15 is 0 Å². The van der Waals surface area contributed by atoms with Gasteiger partial charge in [0, 0.05) is 6.54 Å². The fraction of sp³-hybridized carbons (Fsp3) is 0.500. The number of hydrogen-bond acceptors (Lipinski definition) is 2. The van der Waals surface area contributed by atoms with E-state index in [2.05, 4.69) is 21.2 Å². The highest BCUT2D eigenvalue weighted by molar-refractivity contribution is 9.10. The molecule has 3 N–H and O–H groups in total. The van der Waals surface area contributed by atoms with Crippen molar-refractivity contribution in [1.82, 2.24) is 5.32 Å². The van der Waals surface area contributed by atoms with E-state index < -0.39 is 0 Å². The van der Waals surface area contributed by atoms with Crippen molar-refractivity contribution >= 4 is 21.8 Å². The zero-order valence-corrected chi connectivity index (χ0v) is 12.9. The Hall–Kier alpha value is -0.940. The summed E-state index contributed by atoms with van der Waals surface area (Å²) < 4.78 is 13.5. The molecule has 0 unspecified atom stereocenters. The summed E-state index contributed by atoms with van der Waals surface area (Å²) >= 11 is 3.11. The first-order valence-corrected chi connectivity index (χ1v) is 7.20. The first-order valence-electron chi connectivity index (χ1n) is 6.41. The fourth-order valence-corrected chi connectivity index (χ4v) is 2.37. The van der Waals surface area contributed by atoms with E-state index in [1.165, 1.54) is 6.07 Å². The first kappa shape index (κ1) is 16.1. The number of nitrogens with one attached hydrogen (secondary N) is 1. The van der Waals surface area contributed by atoms with Crippen LogP contribution in [0.25, 0.3) is 0 Å². The SMILES string of the molecule is CCC(CC)(CN)NC(=O)Cc1ccc(F)c(Br)c1. The van der Waals surface area contributed by atoms with Crippen LogP contribution in [-0.2, 0) is 11.2 Å². The quantitative estimate of drug-likeness (QED) is 0.842. The van der Waals surface area contributed by atoms with E-state index in [4.69, 9.17) is 5.73 Å². The molecule has 0 aliphatic carbocycles. The number of carbonyl (C=O) groups excluding carboxylic acids is 1. The summed E-state index contributed by atoms with van der Waals surface area (Å²) in [6, 6.07) is 4.58. The molecule has 1 amide bonds. The molecule has 1 rings (SSSR count). The third-order valence-electron chi connectivity index (χ3n) is 3.50. The van der Waals surface area contributed by atoms with Gasteiger partial charge in [-0.05, 0) is 46.5 Å². The maximum atomic E-state index is 13.1. The molecule has 0 atom stereocenters. The molecule has 0 fully saturated rings. The number of benzene rings is 1. The van der Waals surface area contributed by atoms with Crippen molar-refractivity contribution in [2.24, 2.45) is 5.73 Å². The van der Waals surface area contributed by atoms with Gasteiger partial charge in [0.05, 0.1) is 16.4 Å². The number of carbonyl (C=O) groups is 1. The van der Waals surface area contributed by atoms with E-state index in [9.17, 15) is 9.18 Å². The zero-order valence-electron chi connectivity index (χ0n) is 11.3. The van der Waals surface area contributed by atoms with Gasteiger partial charge >= 0.3 is 0 Å². The van der Waals surface area contributed by atoms with Crippen molar-refractivity contribution in [2.75, 3.05) is 6.54 Å². The molecule has 0 bridgehead atoms. The van der Waals surface area contributed by atoms with Crippen molar-refractivity contribution in [1.29, 1.82) is 0 Å². The van der Waals surface area contributed by atoms with E-state index in [0.717, 1.165) is 18.4 Å². The molecular formula is C14H20BrFN2O. The van der Waals surface area contributed by atoms with Crippen molar-refractivity contribution in [3.05, 3.63) is 34.1 Å². The summed E-state index contributed by atoms with van der Waals surface area (Å²) in [6.45, 7) is 4.43. The predicted octanol–water partition coefficient (Wildman–Crippen LogP) is 2.76. The summed E-state index contributed by atoms with van der Waals surface area (Å²) in [5.41, 5.74) is 6.17. The Labute approximate surface area is 121 Å². The highest BCUT2D eigenvalue weighted by Crippen LogP contribution is 2.18. The third kappa shape index (κ3) is 4.28. The summed E-state index contributed by atoms with van der Waals surface area (Å²) in [5, 5.41) is 2.99. The van der Waals surface area contributed by atoms with Crippen LogP contribution in [0.3, 0.4) is 0 Å². The third-order valence-corrected chi connectivity index (χ3v) is 4.11. The van der Waals surface area contributed by atoms with Gasteiger partial charge in [-0.15, -0.1) is 0 Å². The zero-order chi connectivity index (χ0) is 14.5. The molecule has 1 aromatic carbocycles. The molecule has 3 nitrogen and oxygen atoms in total. The van der Waals surface area contributed by atoms with Crippen molar-refractivity contribution in [2.45, 2.75) is 38.6 Å². The van der Waals surface area contributed by atoms with Gasteiger partial charge in [0.15, 0.2) is 0 Å². The maximum absolute atomic E-state index is 13.1. The molecule has 0 spiro atoms. The Morgan fingerprint density at radius 3 is 2.53 bits per heavy atom. The second-order valence-electron chi connectivity index (χ2n) is 4.66. The van der Waals surface area contributed by atoms with Crippen LogP contribution in [0, 0.1) is 5.82 Å². The minimum Gasteiger partial charge on any atom is -0.349 e. The molecule has 0 saturated heterocycles. The van der Waals surface area contributed by atoms with Gasteiger partial charge in [0.1, 0.15) is 5.82 Å². The van der Waals surface area contributed by atoms with Crippen LogP contribution in [0.4, 0.5) is 4.39 Å². The topological polar surface area (TPSA) is 55.1 Å². The average Bonchev–Trinajstić information content (AvgIpc) is 2.40. The first-order chi connectivity index (χ1) is 8.96. The Kier molecular flexibility index (Phi) is 5.94. The van der Waals surface area contributed by atoms with Gasteiger partial charge in [0.25, 0.3) is 0 Å². The van der Waals surface area contributed by atoms with Crippen LogP contribution in [0.1, 0.15) is 32.3 Å². The molecule has 19 heavy (non-hydrogen) atoms. The molecule has 0 aromatic heterocycles. The molecule has 0 radical (unpaired) electrons. The van der Waals surface area contributed by atoms with Gasteiger partial charge in [-0.2, -0.15) is 0 Å². The molecule has 1 aromatic rings. The van der Waals surface area contributed by atoms with Gasteiger partial charge in [-0.3, -0.25) is 4.79 Å². The molecule has 0 aliphatic heterocycles. The molecule has 5 heteroatoms. The van der Waals surface area contributed by atoms with Crippen molar-refractivity contribution in [3.8, 4) is 0 Å². The lowest BCUT2D eigenvalue weighted by Gasteiger charge is -2.31. The standard InChI is InChI=1S/C14H20BrFN2O/c1-3-14(4-2,9-17)18-13(19)8-10-5-6-12(16)11(15)7-10/h5-7H,3-4,8-9,17H2,1-2H3,(H,18,19). The predicted molar refractivity (Wildman–Crippen MR) is 78.3 cm³/mol.